The highest BCUT2D eigenvalue weighted by molar-refractivity contribution is 5.93. The highest BCUT2D eigenvalue weighted by atomic mass is 16.3. The molecular weight excluding hydrogens is 240 g/mol. The summed E-state index contributed by atoms with van der Waals surface area (Å²) in [6.45, 7) is 2.83. The summed E-state index contributed by atoms with van der Waals surface area (Å²) >= 11 is 0. The second-order valence-corrected chi connectivity index (χ2v) is 4.58. The average molecular weight is 258 g/mol. The van der Waals surface area contributed by atoms with Gasteiger partial charge in [0.05, 0.1) is 5.56 Å². The lowest BCUT2D eigenvalue weighted by atomic mass is 10.1. The largest absolute Gasteiger partial charge is 0.469 e. The van der Waals surface area contributed by atoms with Gasteiger partial charge in [0.1, 0.15) is 12.0 Å². The summed E-state index contributed by atoms with van der Waals surface area (Å²) < 4.78 is 5.16. The fraction of sp³-hybridized carbons (Fsp3) is 0.267. The van der Waals surface area contributed by atoms with Crippen molar-refractivity contribution >= 4 is 5.91 Å². The second-order valence-electron chi connectivity index (χ2n) is 4.58. The number of carbonyl (C=O) groups excluding carboxylic acids is 1. The molecule has 0 saturated carbocycles. The van der Waals surface area contributed by atoms with Crippen molar-refractivity contribution in [1.82, 2.24) is 4.90 Å². The Morgan fingerprint density at radius 3 is 2.58 bits per heavy atom. The molecule has 0 fully saturated rings. The molecule has 2 aromatic rings. The number of nitrogens with two attached hydrogens (primary N) is 1. The van der Waals surface area contributed by atoms with E-state index in [1.807, 2.05) is 31.2 Å². The number of aryl methyl sites for hydroxylation is 1. The SMILES string of the molecule is Cc1cc(C(=O)N(C)Cc2ccccc2CN)co1. The molecule has 1 aromatic heterocycles. The Hall–Kier alpha value is -2.07. The molecule has 0 aliphatic rings. The van der Waals surface area contributed by atoms with Gasteiger partial charge in [-0.15, -0.1) is 0 Å². The molecule has 4 nitrogen and oxygen atoms in total. The maximum atomic E-state index is 12.2. The Balaban J connectivity index is 2.12. The van der Waals surface area contributed by atoms with E-state index in [2.05, 4.69) is 0 Å². The number of rotatable bonds is 4. The van der Waals surface area contributed by atoms with Crippen molar-refractivity contribution in [1.29, 1.82) is 0 Å². The third-order valence-electron chi connectivity index (χ3n) is 3.07. The summed E-state index contributed by atoms with van der Waals surface area (Å²) in [6.07, 6.45) is 1.49. The Labute approximate surface area is 112 Å². The van der Waals surface area contributed by atoms with Crippen LogP contribution in [0.1, 0.15) is 27.2 Å². The Kier molecular flexibility index (Phi) is 4.02. The molecule has 19 heavy (non-hydrogen) atoms. The number of benzene rings is 1. The summed E-state index contributed by atoms with van der Waals surface area (Å²) in [5.41, 5.74) is 8.40. The minimum Gasteiger partial charge on any atom is -0.469 e. The molecule has 4 heteroatoms. The van der Waals surface area contributed by atoms with Gasteiger partial charge in [-0.1, -0.05) is 24.3 Å². The molecule has 0 saturated heterocycles. The van der Waals surface area contributed by atoms with Gasteiger partial charge in [-0.3, -0.25) is 4.79 Å². The summed E-state index contributed by atoms with van der Waals surface area (Å²) in [6, 6.07) is 9.62. The summed E-state index contributed by atoms with van der Waals surface area (Å²) in [5, 5.41) is 0. The fourth-order valence-corrected chi connectivity index (χ4v) is 2.01. The summed E-state index contributed by atoms with van der Waals surface area (Å²) in [7, 11) is 1.78. The van der Waals surface area contributed by atoms with Crippen molar-refractivity contribution in [2.45, 2.75) is 20.0 Å². The van der Waals surface area contributed by atoms with Crippen molar-refractivity contribution in [3.05, 3.63) is 59.0 Å². The van der Waals surface area contributed by atoms with Crippen LogP contribution in [0.5, 0.6) is 0 Å². The molecule has 2 N–H and O–H groups in total. The molecular formula is C15H18N2O2. The maximum absolute atomic E-state index is 12.2. The van der Waals surface area contributed by atoms with Gasteiger partial charge in [0.2, 0.25) is 0 Å². The van der Waals surface area contributed by atoms with E-state index >= 15 is 0 Å². The van der Waals surface area contributed by atoms with Gasteiger partial charge in [-0.05, 0) is 24.1 Å². The topological polar surface area (TPSA) is 59.5 Å². The number of hydrogen-bond acceptors (Lipinski definition) is 3. The number of furan rings is 1. The predicted molar refractivity (Wildman–Crippen MR) is 73.6 cm³/mol. The van der Waals surface area contributed by atoms with Gasteiger partial charge in [-0.2, -0.15) is 0 Å². The number of nitrogens with zero attached hydrogens (tertiary/aromatic N) is 1. The van der Waals surface area contributed by atoms with Crippen LogP contribution < -0.4 is 5.73 Å². The van der Waals surface area contributed by atoms with Crippen LogP contribution in [-0.4, -0.2) is 17.9 Å². The molecule has 100 valence electrons. The molecule has 0 aliphatic carbocycles. The van der Waals surface area contributed by atoms with Crippen LogP contribution in [0.4, 0.5) is 0 Å². The third kappa shape index (κ3) is 3.03. The fourth-order valence-electron chi connectivity index (χ4n) is 2.01. The first-order chi connectivity index (χ1) is 9.11. The molecule has 0 aliphatic heterocycles. The van der Waals surface area contributed by atoms with E-state index in [0.29, 0.717) is 18.7 Å². The Bertz CT molecular complexity index is 575. The average Bonchev–Trinajstić information content (AvgIpc) is 2.85. The number of hydrogen-bond donors (Lipinski definition) is 1. The molecule has 0 unspecified atom stereocenters. The minimum absolute atomic E-state index is 0.0522. The van der Waals surface area contributed by atoms with Crippen molar-refractivity contribution in [3.63, 3.8) is 0 Å². The molecule has 1 aromatic carbocycles. The smallest absolute Gasteiger partial charge is 0.257 e. The summed E-state index contributed by atoms with van der Waals surface area (Å²) in [5.74, 6) is 0.683. The molecule has 0 bridgehead atoms. The van der Waals surface area contributed by atoms with E-state index in [0.717, 1.165) is 16.9 Å². The van der Waals surface area contributed by atoms with E-state index in [-0.39, 0.29) is 5.91 Å². The number of carbonyl (C=O) groups is 1. The van der Waals surface area contributed by atoms with Crippen LogP contribution in [0.15, 0.2) is 41.0 Å². The molecule has 2 rings (SSSR count). The zero-order valence-corrected chi connectivity index (χ0v) is 11.2. The van der Waals surface area contributed by atoms with Crippen LogP contribution >= 0.6 is 0 Å². The van der Waals surface area contributed by atoms with Crippen LogP contribution in [-0.2, 0) is 13.1 Å². The Morgan fingerprint density at radius 1 is 1.32 bits per heavy atom. The van der Waals surface area contributed by atoms with Gasteiger partial charge >= 0.3 is 0 Å². The van der Waals surface area contributed by atoms with Gasteiger partial charge in [0.25, 0.3) is 5.91 Å². The van der Waals surface area contributed by atoms with Crippen LogP contribution in [0.3, 0.4) is 0 Å². The van der Waals surface area contributed by atoms with E-state index in [9.17, 15) is 4.79 Å². The second kappa shape index (κ2) is 5.71. The lowest BCUT2D eigenvalue weighted by Crippen LogP contribution is -2.26. The Morgan fingerprint density at radius 2 is 2.00 bits per heavy atom. The monoisotopic (exact) mass is 258 g/mol. The van der Waals surface area contributed by atoms with E-state index < -0.39 is 0 Å². The van der Waals surface area contributed by atoms with Gasteiger partial charge in [-0.25, -0.2) is 0 Å². The highest BCUT2D eigenvalue weighted by Gasteiger charge is 2.15. The highest BCUT2D eigenvalue weighted by Crippen LogP contribution is 2.14. The zero-order valence-electron chi connectivity index (χ0n) is 11.2. The lowest BCUT2D eigenvalue weighted by Gasteiger charge is -2.18. The van der Waals surface area contributed by atoms with Crippen LogP contribution in [0.2, 0.25) is 0 Å². The van der Waals surface area contributed by atoms with Gasteiger partial charge < -0.3 is 15.1 Å². The summed E-state index contributed by atoms with van der Waals surface area (Å²) in [4.78, 5) is 13.9. The van der Waals surface area contributed by atoms with E-state index in [1.54, 1.807) is 18.0 Å². The van der Waals surface area contributed by atoms with E-state index in [4.69, 9.17) is 10.2 Å². The van der Waals surface area contributed by atoms with E-state index in [1.165, 1.54) is 6.26 Å². The van der Waals surface area contributed by atoms with Crippen molar-refractivity contribution < 1.29 is 9.21 Å². The lowest BCUT2D eigenvalue weighted by molar-refractivity contribution is 0.0784. The number of amides is 1. The molecule has 0 atom stereocenters. The van der Waals surface area contributed by atoms with Gasteiger partial charge in [0.15, 0.2) is 0 Å². The molecule has 0 radical (unpaired) electrons. The predicted octanol–water partition coefficient (Wildman–Crippen LogP) is 2.32. The maximum Gasteiger partial charge on any atom is 0.257 e. The quantitative estimate of drug-likeness (QED) is 0.915. The van der Waals surface area contributed by atoms with Crippen LogP contribution in [0, 0.1) is 6.92 Å². The molecule has 0 spiro atoms. The first-order valence-corrected chi connectivity index (χ1v) is 6.19. The minimum atomic E-state index is -0.0522. The van der Waals surface area contributed by atoms with Gasteiger partial charge in [0, 0.05) is 20.1 Å². The first-order valence-electron chi connectivity index (χ1n) is 6.19. The third-order valence-corrected chi connectivity index (χ3v) is 3.07. The van der Waals surface area contributed by atoms with Crippen molar-refractivity contribution in [2.24, 2.45) is 5.73 Å². The van der Waals surface area contributed by atoms with Crippen molar-refractivity contribution in [2.75, 3.05) is 7.05 Å². The normalized spacial score (nSPS) is 10.5. The van der Waals surface area contributed by atoms with Crippen molar-refractivity contribution in [3.8, 4) is 0 Å². The standard InChI is InChI=1S/C15H18N2O2/c1-11-7-14(10-19-11)15(18)17(2)9-13-6-4-3-5-12(13)8-16/h3-7,10H,8-9,16H2,1-2H3. The zero-order chi connectivity index (χ0) is 13.8. The first kappa shape index (κ1) is 13.4. The molecule has 1 amide bonds. The van der Waals surface area contributed by atoms with Crippen LogP contribution in [0.25, 0.3) is 0 Å². The molecule has 1 heterocycles.